The summed E-state index contributed by atoms with van der Waals surface area (Å²) in [6.45, 7) is 4.71. The first kappa shape index (κ1) is 19.5. The van der Waals surface area contributed by atoms with Crippen LogP contribution in [-0.2, 0) is 6.61 Å². The summed E-state index contributed by atoms with van der Waals surface area (Å²) in [5, 5.41) is 6.65. The van der Waals surface area contributed by atoms with Crippen molar-refractivity contribution in [3.05, 3.63) is 95.8 Å². The van der Waals surface area contributed by atoms with Gasteiger partial charge in [-0.05, 0) is 54.1 Å². The van der Waals surface area contributed by atoms with E-state index in [0.29, 0.717) is 35.3 Å². The molecule has 3 rings (SSSR count). The Morgan fingerprint density at radius 3 is 2.54 bits per heavy atom. The van der Waals surface area contributed by atoms with Crippen LogP contribution in [-0.4, -0.2) is 17.4 Å². The molecule has 0 aliphatic rings. The Kier molecular flexibility index (Phi) is 6.65. The summed E-state index contributed by atoms with van der Waals surface area (Å²) < 4.78 is 5.75. The van der Waals surface area contributed by atoms with Gasteiger partial charge >= 0.3 is 0 Å². The molecule has 6 heteroatoms. The first-order valence-corrected chi connectivity index (χ1v) is 9.11. The Morgan fingerprint density at radius 1 is 1.07 bits per heavy atom. The van der Waals surface area contributed by atoms with E-state index in [0.717, 1.165) is 11.3 Å². The normalized spacial score (nSPS) is 10.2. The minimum atomic E-state index is -0.280. The summed E-state index contributed by atoms with van der Waals surface area (Å²) in [5.74, 6) is 0.429. The number of nitrogens with zero attached hydrogens (tertiary/aromatic N) is 1. The van der Waals surface area contributed by atoms with Crippen molar-refractivity contribution < 1.29 is 9.53 Å². The summed E-state index contributed by atoms with van der Waals surface area (Å²) >= 11 is 5.88. The number of pyridine rings is 1. The standard InChI is InChI=1S/C22H20ClN3O2/c1-2-12-24-19-11-13-25-21(14-19)22(27)26-18-7-9-20(10-8-18)28-15-16-3-5-17(23)6-4-16/h2-11,13-14H,1,12,15H2,(H,24,25)(H,26,27). The Bertz CT molecular complexity index is 941. The van der Waals surface area contributed by atoms with Crippen molar-refractivity contribution in [1.29, 1.82) is 0 Å². The first-order chi connectivity index (χ1) is 13.6. The van der Waals surface area contributed by atoms with Crippen LogP contribution < -0.4 is 15.4 Å². The van der Waals surface area contributed by atoms with E-state index in [-0.39, 0.29) is 5.91 Å². The molecular formula is C22H20ClN3O2. The summed E-state index contributed by atoms with van der Waals surface area (Å²) in [5.41, 5.74) is 2.83. The van der Waals surface area contributed by atoms with E-state index in [1.54, 1.807) is 48.7 Å². The fraction of sp³-hybridized carbons (Fsp3) is 0.0909. The molecule has 28 heavy (non-hydrogen) atoms. The van der Waals surface area contributed by atoms with Gasteiger partial charge in [0.1, 0.15) is 18.1 Å². The number of amides is 1. The second kappa shape index (κ2) is 9.58. The fourth-order valence-corrected chi connectivity index (χ4v) is 2.56. The van der Waals surface area contributed by atoms with Gasteiger partial charge in [0.2, 0.25) is 0 Å². The van der Waals surface area contributed by atoms with Crippen molar-refractivity contribution in [2.75, 3.05) is 17.2 Å². The van der Waals surface area contributed by atoms with Crippen LogP contribution in [0.3, 0.4) is 0 Å². The van der Waals surface area contributed by atoms with E-state index in [2.05, 4.69) is 22.2 Å². The molecule has 2 aromatic carbocycles. The fourth-order valence-electron chi connectivity index (χ4n) is 2.43. The van der Waals surface area contributed by atoms with Crippen LogP contribution in [0.25, 0.3) is 0 Å². The van der Waals surface area contributed by atoms with Crippen LogP contribution in [0, 0.1) is 0 Å². The van der Waals surface area contributed by atoms with Crippen LogP contribution in [0.15, 0.2) is 79.5 Å². The van der Waals surface area contributed by atoms with Gasteiger partial charge in [-0.15, -0.1) is 6.58 Å². The second-order valence-corrected chi connectivity index (χ2v) is 6.43. The number of halogens is 1. The smallest absolute Gasteiger partial charge is 0.274 e. The summed E-state index contributed by atoms with van der Waals surface area (Å²) in [6.07, 6.45) is 3.34. The van der Waals surface area contributed by atoms with E-state index in [4.69, 9.17) is 16.3 Å². The molecule has 1 heterocycles. The average Bonchev–Trinajstić information content (AvgIpc) is 2.73. The van der Waals surface area contributed by atoms with Gasteiger partial charge in [0, 0.05) is 29.1 Å². The zero-order valence-corrected chi connectivity index (χ0v) is 15.9. The Hall–Kier alpha value is -3.31. The van der Waals surface area contributed by atoms with Gasteiger partial charge in [-0.2, -0.15) is 0 Å². The van der Waals surface area contributed by atoms with Crippen LogP contribution in [0.4, 0.5) is 11.4 Å². The highest BCUT2D eigenvalue weighted by molar-refractivity contribution is 6.30. The zero-order chi connectivity index (χ0) is 19.8. The maximum absolute atomic E-state index is 12.4. The Labute approximate surface area is 169 Å². The van der Waals surface area contributed by atoms with Crippen LogP contribution in [0.5, 0.6) is 5.75 Å². The van der Waals surface area contributed by atoms with Gasteiger partial charge in [0.05, 0.1) is 0 Å². The molecule has 0 atom stereocenters. The van der Waals surface area contributed by atoms with Gasteiger partial charge in [0.25, 0.3) is 5.91 Å². The summed E-state index contributed by atoms with van der Waals surface area (Å²) in [4.78, 5) is 16.5. The molecule has 1 amide bonds. The summed E-state index contributed by atoms with van der Waals surface area (Å²) in [7, 11) is 0. The van der Waals surface area contributed by atoms with Gasteiger partial charge in [-0.1, -0.05) is 29.8 Å². The number of aromatic nitrogens is 1. The third-order valence-electron chi connectivity index (χ3n) is 3.87. The van der Waals surface area contributed by atoms with Gasteiger partial charge < -0.3 is 15.4 Å². The molecule has 0 unspecified atom stereocenters. The van der Waals surface area contributed by atoms with Crippen molar-refractivity contribution in [2.24, 2.45) is 0 Å². The molecule has 0 fully saturated rings. The van der Waals surface area contributed by atoms with Gasteiger partial charge in [-0.25, -0.2) is 0 Å². The lowest BCUT2D eigenvalue weighted by Crippen LogP contribution is -2.14. The van der Waals surface area contributed by atoms with E-state index >= 15 is 0 Å². The summed E-state index contributed by atoms with van der Waals surface area (Å²) in [6, 6.07) is 18.2. The van der Waals surface area contributed by atoms with Crippen molar-refractivity contribution in [1.82, 2.24) is 4.98 Å². The lowest BCUT2D eigenvalue weighted by molar-refractivity contribution is 0.102. The molecule has 0 aliphatic carbocycles. The SMILES string of the molecule is C=CCNc1ccnc(C(=O)Nc2ccc(OCc3ccc(Cl)cc3)cc2)c1. The van der Waals surface area contributed by atoms with Crippen molar-refractivity contribution in [2.45, 2.75) is 6.61 Å². The van der Waals surface area contributed by atoms with Crippen molar-refractivity contribution >= 4 is 28.9 Å². The molecule has 1 aromatic heterocycles. The van der Waals surface area contributed by atoms with Gasteiger partial charge in [-0.3, -0.25) is 9.78 Å². The monoisotopic (exact) mass is 393 g/mol. The van der Waals surface area contributed by atoms with E-state index < -0.39 is 0 Å². The second-order valence-electron chi connectivity index (χ2n) is 5.99. The number of nitrogens with one attached hydrogen (secondary N) is 2. The number of hydrogen-bond donors (Lipinski definition) is 2. The molecule has 0 aliphatic heterocycles. The van der Waals surface area contributed by atoms with E-state index in [9.17, 15) is 4.79 Å². The largest absolute Gasteiger partial charge is 0.489 e. The van der Waals surface area contributed by atoms with Gasteiger partial charge in [0.15, 0.2) is 0 Å². The highest BCUT2D eigenvalue weighted by atomic mass is 35.5. The Morgan fingerprint density at radius 2 is 1.82 bits per heavy atom. The molecule has 0 saturated carbocycles. The number of carbonyl (C=O) groups is 1. The minimum absolute atomic E-state index is 0.280. The predicted octanol–water partition coefficient (Wildman–Crippen LogP) is 5.16. The minimum Gasteiger partial charge on any atom is -0.489 e. The number of hydrogen-bond acceptors (Lipinski definition) is 4. The third kappa shape index (κ3) is 5.59. The highest BCUT2D eigenvalue weighted by Gasteiger charge is 2.08. The first-order valence-electron chi connectivity index (χ1n) is 8.73. The molecule has 0 bridgehead atoms. The van der Waals surface area contributed by atoms with E-state index in [1.807, 2.05) is 24.3 Å². The molecule has 3 aromatic rings. The van der Waals surface area contributed by atoms with Crippen LogP contribution >= 0.6 is 11.6 Å². The lowest BCUT2D eigenvalue weighted by atomic mass is 10.2. The molecule has 0 radical (unpaired) electrons. The number of anilines is 2. The Balaban J connectivity index is 1.56. The highest BCUT2D eigenvalue weighted by Crippen LogP contribution is 2.19. The molecule has 0 spiro atoms. The molecule has 5 nitrogen and oxygen atoms in total. The van der Waals surface area contributed by atoms with Crippen LogP contribution in [0.1, 0.15) is 16.1 Å². The topological polar surface area (TPSA) is 63.2 Å². The number of carbonyl (C=O) groups excluding carboxylic acids is 1. The number of ether oxygens (including phenoxy) is 1. The average molecular weight is 394 g/mol. The number of benzene rings is 2. The van der Waals surface area contributed by atoms with Crippen molar-refractivity contribution in [3.8, 4) is 5.75 Å². The lowest BCUT2D eigenvalue weighted by Gasteiger charge is -2.09. The molecule has 2 N–H and O–H groups in total. The van der Waals surface area contributed by atoms with Crippen molar-refractivity contribution in [3.63, 3.8) is 0 Å². The maximum Gasteiger partial charge on any atom is 0.274 e. The zero-order valence-electron chi connectivity index (χ0n) is 15.2. The van der Waals surface area contributed by atoms with E-state index in [1.165, 1.54) is 0 Å². The van der Waals surface area contributed by atoms with Crippen LogP contribution in [0.2, 0.25) is 5.02 Å². The molecule has 0 saturated heterocycles. The number of rotatable bonds is 8. The molecule has 142 valence electrons. The quantitative estimate of drug-likeness (QED) is 0.518. The maximum atomic E-state index is 12.4. The predicted molar refractivity (Wildman–Crippen MR) is 113 cm³/mol. The molecular weight excluding hydrogens is 374 g/mol. The third-order valence-corrected chi connectivity index (χ3v) is 4.13.